The van der Waals surface area contributed by atoms with Gasteiger partial charge in [-0.25, -0.2) is 8.78 Å². The third-order valence-corrected chi connectivity index (χ3v) is 4.93. The number of halogens is 2. The summed E-state index contributed by atoms with van der Waals surface area (Å²) in [4.78, 5) is 15.2. The summed E-state index contributed by atoms with van der Waals surface area (Å²) in [5, 5.41) is 15.0. The van der Waals surface area contributed by atoms with Gasteiger partial charge in [-0.15, -0.1) is 0 Å². The molecule has 1 aliphatic rings. The second-order valence-corrected chi connectivity index (χ2v) is 7.46. The highest BCUT2D eigenvalue weighted by atomic mass is 19.1. The minimum atomic E-state index is -1.60. The Balaban J connectivity index is 1.77. The molecule has 3 aromatic rings. The molecule has 0 aliphatic carbocycles. The Morgan fingerprint density at radius 3 is 2.29 bits per heavy atom. The third kappa shape index (κ3) is 3.64. The van der Waals surface area contributed by atoms with Crippen molar-refractivity contribution in [2.45, 2.75) is 26.2 Å². The van der Waals surface area contributed by atoms with Gasteiger partial charge < -0.3 is 10.0 Å². The van der Waals surface area contributed by atoms with Crippen molar-refractivity contribution in [1.29, 1.82) is 0 Å². The molecule has 2 aromatic carbocycles. The average Bonchev–Trinajstić information content (AvgIpc) is 3.10. The van der Waals surface area contributed by atoms with Crippen LogP contribution in [0.5, 0.6) is 0 Å². The summed E-state index contributed by atoms with van der Waals surface area (Å²) in [6.07, 6.45) is -0.0163. The fourth-order valence-electron chi connectivity index (χ4n) is 3.58. The van der Waals surface area contributed by atoms with Crippen molar-refractivity contribution in [3.63, 3.8) is 0 Å². The minimum absolute atomic E-state index is 0.00763. The van der Waals surface area contributed by atoms with E-state index < -0.39 is 29.6 Å². The third-order valence-electron chi connectivity index (χ3n) is 4.93. The molecule has 1 N–H and O–H groups in total. The number of amides is 1. The van der Waals surface area contributed by atoms with Crippen LogP contribution in [0.4, 0.5) is 20.2 Å². The van der Waals surface area contributed by atoms with E-state index in [2.05, 4.69) is 16.9 Å². The molecule has 1 atom stereocenters. The monoisotopic (exact) mass is 422 g/mol. The molecule has 1 aliphatic heterocycles. The molecule has 1 amide bonds. The van der Waals surface area contributed by atoms with Crippen molar-refractivity contribution in [1.82, 2.24) is 9.78 Å². The van der Waals surface area contributed by atoms with E-state index in [-0.39, 0.29) is 17.3 Å². The quantitative estimate of drug-likeness (QED) is 0.644. The summed E-state index contributed by atoms with van der Waals surface area (Å²) < 4.78 is 31.5. The zero-order valence-electron chi connectivity index (χ0n) is 17.2. The fraction of sp³-hybridized carbons (Fsp3) is 0.217. The van der Waals surface area contributed by atoms with Crippen LogP contribution >= 0.6 is 0 Å². The Morgan fingerprint density at radius 2 is 1.68 bits per heavy atom. The van der Waals surface area contributed by atoms with E-state index in [0.717, 1.165) is 12.1 Å². The number of benzene rings is 2. The van der Waals surface area contributed by atoms with Gasteiger partial charge in [-0.05, 0) is 38.1 Å². The SMILES string of the molecule is CC(C)N1c2cn(C)nc2C(=O)N(c2c(F)cc(C#Cc3ccccc3)cc2F)C1O. The van der Waals surface area contributed by atoms with E-state index in [1.165, 1.54) is 9.58 Å². The van der Waals surface area contributed by atoms with Gasteiger partial charge in [-0.2, -0.15) is 5.10 Å². The summed E-state index contributed by atoms with van der Waals surface area (Å²) in [5.41, 5.74) is 0.570. The van der Waals surface area contributed by atoms with E-state index >= 15 is 8.78 Å². The average molecular weight is 422 g/mol. The van der Waals surface area contributed by atoms with Crippen molar-refractivity contribution >= 4 is 17.3 Å². The Kier molecular flexibility index (Phi) is 5.21. The predicted molar refractivity (Wildman–Crippen MR) is 112 cm³/mol. The van der Waals surface area contributed by atoms with Crippen molar-refractivity contribution in [3.8, 4) is 11.8 Å². The lowest BCUT2D eigenvalue weighted by Gasteiger charge is -2.42. The van der Waals surface area contributed by atoms with Crippen molar-refractivity contribution in [2.24, 2.45) is 7.05 Å². The van der Waals surface area contributed by atoms with Gasteiger partial charge in [0.1, 0.15) is 5.69 Å². The van der Waals surface area contributed by atoms with E-state index in [1.54, 1.807) is 39.2 Å². The first-order valence-corrected chi connectivity index (χ1v) is 9.67. The number of carbonyl (C=O) groups is 1. The number of aliphatic hydroxyl groups is 1. The van der Waals surface area contributed by atoms with E-state index in [9.17, 15) is 9.90 Å². The van der Waals surface area contributed by atoms with Crippen molar-refractivity contribution in [2.75, 3.05) is 9.80 Å². The summed E-state index contributed by atoms with van der Waals surface area (Å²) >= 11 is 0. The highest BCUT2D eigenvalue weighted by molar-refractivity contribution is 6.10. The van der Waals surface area contributed by atoms with Crippen LogP contribution in [0.1, 0.15) is 35.5 Å². The first kappa shape index (κ1) is 20.6. The van der Waals surface area contributed by atoms with Crippen LogP contribution in [0.25, 0.3) is 0 Å². The van der Waals surface area contributed by atoms with E-state index in [1.807, 2.05) is 18.2 Å². The zero-order chi connectivity index (χ0) is 22.3. The molecule has 6 nitrogen and oxygen atoms in total. The molecule has 0 radical (unpaired) electrons. The smallest absolute Gasteiger partial charge is 0.284 e. The molecule has 0 saturated heterocycles. The number of fused-ring (bicyclic) bond motifs is 1. The molecule has 0 fully saturated rings. The Bertz CT molecular complexity index is 1190. The molecule has 0 spiro atoms. The molecule has 8 heteroatoms. The summed E-state index contributed by atoms with van der Waals surface area (Å²) in [5.74, 6) is 2.75. The largest absolute Gasteiger partial charge is 0.356 e. The van der Waals surface area contributed by atoms with Crippen LogP contribution in [-0.2, 0) is 7.05 Å². The number of aliphatic hydroxyl groups excluding tert-OH is 1. The van der Waals surface area contributed by atoms with E-state index in [4.69, 9.17) is 0 Å². The Hall–Kier alpha value is -3.70. The van der Waals surface area contributed by atoms with Gasteiger partial charge in [0.15, 0.2) is 17.3 Å². The van der Waals surface area contributed by atoms with Crippen LogP contribution in [-0.4, -0.2) is 33.2 Å². The number of hydrogen-bond donors (Lipinski definition) is 1. The van der Waals surface area contributed by atoms with Gasteiger partial charge in [0, 0.05) is 30.4 Å². The first-order chi connectivity index (χ1) is 14.8. The number of aryl methyl sites for hydroxylation is 1. The summed E-state index contributed by atoms with van der Waals surface area (Å²) in [6.45, 7) is 3.59. The highest BCUT2D eigenvalue weighted by Gasteiger charge is 2.43. The lowest BCUT2D eigenvalue weighted by molar-refractivity contribution is 0.0836. The van der Waals surface area contributed by atoms with Gasteiger partial charge in [-0.3, -0.25) is 14.4 Å². The second-order valence-electron chi connectivity index (χ2n) is 7.46. The van der Waals surface area contributed by atoms with Gasteiger partial charge in [0.25, 0.3) is 5.91 Å². The molecule has 0 saturated carbocycles. The lowest BCUT2D eigenvalue weighted by atomic mass is 10.1. The van der Waals surface area contributed by atoms with Crippen LogP contribution in [0.15, 0.2) is 48.7 Å². The molecular formula is C23H20F2N4O2. The molecule has 0 bridgehead atoms. The zero-order valence-corrected chi connectivity index (χ0v) is 17.2. The van der Waals surface area contributed by atoms with Crippen LogP contribution in [0.2, 0.25) is 0 Å². The lowest BCUT2D eigenvalue weighted by Crippen LogP contribution is -2.58. The Labute approximate surface area is 178 Å². The fourth-order valence-corrected chi connectivity index (χ4v) is 3.58. The number of rotatable bonds is 2. The van der Waals surface area contributed by atoms with Crippen LogP contribution in [0.3, 0.4) is 0 Å². The molecule has 1 aromatic heterocycles. The molecule has 2 heterocycles. The maximum Gasteiger partial charge on any atom is 0.284 e. The van der Waals surface area contributed by atoms with Gasteiger partial charge in [-0.1, -0.05) is 30.0 Å². The molecular weight excluding hydrogens is 402 g/mol. The summed E-state index contributed by atoms with van der Waals surface area (Å²) in [6, 6.07) is 10.8. The number of aromatic nitrogens is 2. The van der Waals surface area contributed by atoms with E-state index in [0.29, 0.717) is 16.2 Å². The first-order valence-electron chi connectivity index (χ1n) is 9.67. The summed E-state index contributed by atoms with van der Waals surface area (Å²) in [7, 11) is 1.63. The highest BCUT2D eigenvalue weighted by Crippen LogP contribution is 2.36. The normalized spacial score (nSPS) is 15.7. The predicted octanol–water partition coefficient (Wildman–Crippen LogP) is 3.25. The Morgan fingerprint density at radius 1 is 1.06 bits per heavy atom. The topological polar surface area (TPSA) is 61.6 Å². The second kappa shape index (κ2) is 7.85. The minimum Gasteiger partial charge on any atom is -0.356 e. The van der Waals surface area contributed by atoms with Crippen LogP contribution < -0.4 is 9.80 Å². The number of anilines is 2. The van der Waals surface area contributed by atoms with Crippen molar-refractivity contribution < 1.29 is 18.7 Å². The van der Waals surface area contributed by atoms with Gasteiger partial charge in [0.05, 0.1) is 5.69 Å². The molecule has 31 heavy (non-hydrogen) atoms. The maximum absolute atomic E-state index is 15.0. The number of hydrogen-bond acceptors (Lipinski definition) is 4. The molecule has 158 valence electrons. The number of nitrogens with zero attached hydrogens (tertiary/aromatic N) is 4. The van der Waals surface area contributed by atoms with Gasteiger partial charge >= 0.3 is 0 Å². The molecule has 4 rings (SSSR count). The standard InChI is InChI=1S/C23H20F2N4O2/c1-14(2)28-19-13-27(3)26-20(19)22(30)29(23(28)31)21-17(24)11-16(12-18(21)25)10-9-15-7-5-4-6-8-15/h4-8,11-14,23,31H,1-3H3. The van der Waals surface area contributed by atoms with Crippen LogP contribution in [0, 0.1) is 23.5 Å². The van der Waals surface area contributed by atoms with Gasteiger partial charge in [0.2, 0.25) is 6.35 Å². The number of carbonyl (C=O) groups excluding carboxylic acids is 1. The van der Waals surface area contributed by atoms with Crippen molar-refractivity contribution in [3.05, 3.63) is 77.1 Å². The maximum atomic E-state index is 15.0. The molecule has 1 unspecified atom stereocenters.